The Morgan fingerprint density at radius 2 is 2.21 bits per heavy atom. The molecule has 0 radical (unpaired) electrons. The van der Waals surface area contributed by atoms with Crippen LogP contribution < -0.4 is 15.8 Å². The Labute approximate surface area is 119 Å². The maximum Gasteiger partial charge on any atom is 0.228 e. The fourth-order valence-corrected chi connectivity index (χ4v) is 2.04. The fraction of sp³-hybridized carbons (Fsp3) is 0.500. The van der Waals surface area contributed by atoms with E-state index in [-0.39, 0.29) is 11.8 Å². The molecule has 0 spiro atoms. The minimum atomic E-state index is -0.157. The highest BCUT2D eigenvalue weighted by Gasteiger charge is 2.16. The van der Waals surface area contributed by atoms with Crippen molar-refractivity contribution >= 4 is 23.2 Å². The summed E-state index contributed by atoms with van der Waals surface area (Å²) in [6.07, 6.45) is 1.71. The number of benzene rings is 1. The van der Waals surface area contributed by atoms with E-state index in [0.717, 1.165) is 12.8 Å². The van der Waals surface area contributed by atoms with Crippen molar-refractivity contribution in [2.45, 2.75) is 26.7 Å². The zero-order chi connectivity index (χ0) is 14.3. The van der Waals surface area contributed by atoms with Crippen LogP contribution in [0.3, 0.4) is 0 Å². The van der Waals surface area contributed by atoms with E-state index in [4.69, 9.17) is 22.1 Å². The molecule has 1 atom stereocenters. The van der Waals surface area contributed by atoms with Gasteiger partial charge < -0.3 is 15.8 Å². The maximum atomic E-state index is 12.0. The van der Waals surface area contributed by atoms with Crippen molar-refractivity contribution in [1.82, 2.24) is 0 Å². The lowest BCUT2D eigenvalue weighted by molar-refractivity contribution is -0.119. The highest BCUT2D eigenvalue weighted by Crippen LogP contribution is 2.27. The maximum absolute atomic E-state index is 12.0. The Bertz CT molecular complexity index is 424. The van der Waals surface area contributed by atoms with Gasteiger partial charge in [0.15, 0.2) is 0 Å². The second-order valence-electron chi connectivity index (χ2n) is 4.29. The van der Waals surface area contributed by atoms with Gasteiger partial charge in [-0.2, -0.15) is 0 Å². The number of carbonyl (C=O) groups excluding carboxylic acids is 1. The van der Waals surface area contributed by atoms with Crippen LogP contribution in [0, 0.1) is 5.92 Å². The Hall–Kier alpha value is -1.26. The van der Waals surface area contributed by atoms with Crippen molar-refractivity contribution in [2.75, 3.05) is 18.5 Å². The molecule has 1 rings (SSSR count). The molecule has 0 aliphatic heterocycles. The molecule has 1 aromatic carbocycles. The van der Waals surface area contributed by atoms with Crippen LogP contribution in [0.2, 0.25) is 5.02 Å². The molecule has 0 saturated carbocycles. The molecule has 1 amide bonds. The summed E-state index contributed by atoms with van der Waals surface area (Å²) >= 11 is 6.07. The number of amides is 1. The Morgan fingerprint density at radius 3 is 2.74 bits per heavy atom. The first kappa shape index (κ1) is 15.8. The van der Waals surface area contributed by atoms with Crippen molar-refractivity contribution in [3.63, 3.8) is 0 Å². The molecule has 0 aliphatic carbocycles. The number of nitrogens with two attached hydrogens (primary N) is 1. The molecule has 3 N–H and O–H groups in total. The van der Waals surface area contributed by atoms with Gasteiger partial charge in [-0.05, 0) is 31.5 Å². The van der Waals surface area contributed by atoms with E-state index in [9.17, 15) is 4.79 Å². The zero-order valence-electron chi connectivity index (χ0n) is 11.4. The average Bonchev–Trinajstić information content (AvgIpc) is 2.39. The van der Waals surface area contributed by atoms with Gasteiger partial charge in [0.25, 0.3) is 0 Å². The van der Waals surface area contributed by atoms with E-state index < -0.39 is 0 Å². The van der Waals surface area contributed by atoms with Gasteiger partial charge in [0, 0.05) is 12.2 Å². The SMILES string of the molecule is CCCC(CN)C(=O)Nc1ccc(OCC)c(Cl)c1. The number of hydrogen-bond acceptors (Lipinski definition) is 3. The predicted molar refractivity (Wildman–Crippen MR) is 78.7 cm³/mol. The molecule has 1 unspecified atom stereocenters. The second kappa shape index (κ2) is 8.02. The van der Waals surface area contributed by atoms with E-state index in [1.54, 1.807) is 18.2 Å². The molecule has 106 valence electrons. The average molecular weight is 285 g/mol. The van der Waals surface area contributed by atoms with Crippen LogP contribution in [-0.4, -0.2) is 19.1 Å². The molecular weight excluding hydrogens is 264 g/mol. The highest BCUT2D eigenvalue weighted by atomic mass is 35.5. The topological polar surface area (TPSA) is 64.4 Å². The lowest BCUT2D eigenvalue weighted by atomic mass is 10.0. The molecule has 0 fully saturated rings. The van der Waals surface area contributed by atoms with Gasteiger partial charge in [-0.25, -0.2) is 0 Å². The minimum Gasteiger partial charge on any atom is -0.492 e. The summed E-state index contributed by atoms with van der Waals surface area (Å²) in [5, 5.41) is 3.31. The Morgan fingerprint density at radius 1 is 1.47 bits per heavy atom. The van der Waals surface area contributed by atoms with Gasteiger partial charge in [0.1, 0.15) is 5.75 Å². The smallest absolute Gasteiger partial charge is 0.228 e. The van der Waals surface area contributed by atoms with Gasteiger partial charge in [-0.3, -0.25) is 4.79 Å². The molecule has 0 aromatic heterocycles. The van der Waals surface area contributed by atoms with E-state index in [0.29, 0.717) is 29.6 Å². The molecule has 4 nitrogen and oxygen atoms in total. The molecule has 19 heavy (non-hydrogen) atoms. The largest absolute Gasteiger partial charge is 0.492 e. The van der Waals surface area contributed by atoms with Gasteiger partial charge in [0.05, 0.1) is 17.5 Å². The first-order valence-electron chi connectivity index (χ1n) is 6.55. The fourth-order valence-electron chi connectivity index (χ4n) is 1.80. The highest BCUT2D eigenvalue weighted by molar-refractivity contribution is 6.32. The number of carbonyl (C=O) groups is 1. The first-order chi connectivity index (χ1) is 9.12. The monoisotopic (exact) mass is 284 g/mol. The Kier molecular flexibility index (Phi) is 6.67. The molecular formula is C14H21ClN2O2. The summed E-state index contributed by atoms with van der Waals surface area (Å²) in [6, 6.07) is 5.21. The lowest BCUT2D eigenvalue weighted by Crippen LogP contribution is -2.29. The van der Waals surface area contributed by atoms with Gasteiger partial charge in [-0.15, -0.1) is 0 Å². The lowest BCUT2D eigenvalue weighted by Gasteiger charge is -2.14. The molecule has 0 aliphatic rings. The van der Waals surface area contributed by atoms with E-state index in [1.807, 2.05) is 13.8 Å². The van der Waals surface area contributed by atoms with Gasteiger partial charge >= 0.3 is 0 Å². The first-order valence-corrected chi connectivity index (χ1v) is 6.93. The van der Waals surface area contributed by atoms with Crippen molar-refractivity contribution in [3.05, 3.63) is 23.2 Å². The third kappa shape index (κ3) is 4.73. The number of anilines is 1. The number of ether oxygens (including phenoxy) is 1. The molecule has 0 heterocycles. The third-order valence-corrected chi connectivity index (χ3v) is 3.09. The number of nitrogens with one attached hydrogen (secondary N) is 1. The number of hydrogen-bond donors (Lipinski definition) is 2. The van der Waals surface area contributed by atoms with Crippen LogP contribution in [0.4, 0.5) is 5.69 Å². The summed E-state index contributed by atoms with van der Waals surface area (Å²) in [4.78, 5) is 12.0. The minimum absolute atomic E-state index is 0.0652. The van der Waals surface area contributed by atoms with Crippen molar-refractivity contribution < 1.29 is 9.53 Å². The summed E-state index contributed by atoms with van der Waals surface area (Å²) in [5.74, 6) is 0.394. The number of halogens is 1. The third-order valence-electron chi connectivity index (χ3n) is 2.79. The zero-order valence-corrected chi connectivity index (χ0v) is 12.2. The Balaban J connectivity index is 2.71. The van der Waals surface area contributed by atoms with Crippen LogP contribution in [0.25, 0.3) is 0 Å². The predicted octanol–water partition coefficient (Wildman–Crippen LogP) is 3.05. The van der Waals surface area contributed by atoms with Crippen LogP contribution >= 0.6 is 11.6 Å². The van der Waals surface area contributed by atoms with Gasteiger partial charge in [0.2, 0.25) is 5.91 Å². The van der Waals surface area contributed by atoms with Crippen LogP contribution in [0.5, 0.6) is 5.75 Å². The van der Waals surface area contributed by atoms with E-state index in [1.165, 1.54) is 0 Å². The summed E-state index contributed by atoms with van der Waals surface area (Å²) in [5.41, 5.74) is 6.26. The van der Waals surface area contributed by atoms with Crippen LogP contribution in [-0.2, 0) is 4.79 Å². The van der Waals surface area contributed by atoms with E-state index in [2.05, 4.69) is 5.32 Å². The van der Waals surface area contributed by atoms with E-state index >= 15 is 0 Å². The summed E-state index contributed by atoms with van der Waals surface area (Å²) in [7, 11) is 0. The molecule has 1 aromatic rings. The molecule has 5 heteroatoms. The van der Waals surface area contributed by atoms with Gasteiger partial charge in [-0.1, -0.05) is 24.9 Å². The molecule has 0 saturated heterocycles. The normalized spacial score (nSPS) is 12.0. The van der Waals surface area contributed by atoms with Crippen LogP contribution in [0.15, 0.2) is 18.2 Å². The second-order valence-corrected chi connectivity index (χ2v) is 4.70. The van der Waals surface area contributed by atoms with Crippen molar-refractivity contribution in [3.8, 4) is 5.75 Å². The number of rotatable bonds is 7. The van der Waals surface area contributed by atoms with Crippen molar-refractivity contribution in [1.29, 1.82) is 0 Å². The summed E-state index contributed by atoms with van der Waals surface area (Å²) in [6.45, 7) is 4.83. The quantitative estimate of drug-likeness (QED) is 0.809. The summed E-state index contributed by atoms with van der Waals surface area (Å²) < 4.78 is 5.34. The van der Waals surface area contributed by atoms with Crippen molar-refractivity contribution in [2.24, 2.45) is 11.7 Å². The molecule has 0 bridgehead atoms. The standard InChI is InChI=1S/C14H21ClN2O2/c1-3-5-10(9-16)14(18)17-11-6-7-13(19-4-2)12(15)8-11/h6-8,10H,3-5,9,16H2,1-2H3,(H,17,18). The van der Waals surface area contributed by atoms with Crippen LogP contribution in [0.1, 0.15) is 26.7 Å².